The lowest BCUT2D eigenvalue weighted by Gasteiger charge is -2.13. The van der Waals surface area contributed by atoms with Crippen molar-refractivity contribution in [3.8, 4) is 0 Å². The summed E-state index contributed by atoms with van der Waals surface area (Å²) in [7, 11) is 1.54. The molecule has 0 aliphatic rings. The number of hydrogen-bond donors (Lipinski definition) is 1. The van der Waals surface area contributed by atoms with Crippen molar-refractivity contribution in [1.29, 1.82) is 0 Å². The third-order valence-electron chi connectivity index (χ3n) is 2.08. The molecule has 0 fully saturated rings. The van der Waals surface area contributed by atoms with Crippen LogP contribution in [-0.2, 0) is 5.75 Å². The van der Waals surface area contributed by atoms with E-state index in [9.17, 15) is 4.79 Å². The van der Waals surface area contributed by atoms with Gasteiger partial charge < -0.3 is 5.11 Å². The van der Waals surface area contributed by atoms with E-state index in [-0.39, 0.29) is 0 Å². The van der Waals surface area contributed by atoms with Gasteiger partial charge in [-0.25, -0.2) is 4.79 Å². The third-order valence-corrected chi connectivity index (χ3v) is 3.03. The molecule has 0 spiro atoms. The molecule has 0 saturated heterocycles. The lowest BCUT2D eigenvalue weighted by molar-refractivity contribution is 0.203. The second kappa shape index (κ2) is 5.66. The number of carbonyl (C=O) groups is 1. The normalized spacial score (nSPS) is 10.0. The summed E-state index contributed by atoms with van der Waals surface area (Å²) in [5.41, 5.74) is 1.93. The molecule has 1 amide bonds. The van der Waals surface area contributed by atoms with Gasteiger partial charge in [0, 0.05) is 18.5 Å². The van der Waals surface area contributed by atoms with Gasteiger partial charge in [0.15, 0.2) is 0 Å². The quantitative estimate of drug-likeness (QED) is 0.856. The molecule has 4 heteroatoms. The Balaban J connectivity index is 2.67. The molecule has 15 heavy (non-hydrogen) atoms. The van der Waals surface area contributed by atoms with E-state index in [0.717, 1.165) is 11.5 Å². The molecule has 0 bridgehead atoms. The molecular formula is C11H15NO2S. The standard InChI is InChI=1S/C11H15NO2S/c1-3-15-8-9-4-6-10(7-5-9)12(2)11(13)14/h4-7H,3,8H2,1-2H3,(H,13,14). The fraction of sp³-hybridized carbons (Fsp3) is 0.364. The molecule has 0 heterocycles. The average molecular weight is 225 g/mol. The van der Waals surface area contributed by atoms with Gasteiger partial charge in [-0.1, -0.05) is 19.1 Å². The third kappa shape index (κ3) is 3.47. The van der Waals surface area contributed by atoms with Gasteiger partial charge in [-0.3, -0.25) is 4.90 Å². The summed E-state index contributed by atoms with van der Waals surface area (Å²) in [4.78, 5) is 11.9. The summed E-state index contributed by atoms with van der Waals surface area (Å²) in [6.45, 7) is 2.12. The van der Waals surface area contributed by atoms with Gasteiger partial charge in [0.2, 0.25) is 0 Å². The summed E-state index contributed by atoms with van der Waals surface area (Å²) in [5.74, 6) is 2.07. The second-order valence-electron chi connectivity index (χ2n) is 3.15. The Morgan fingerprint density at radius 2 is 2.00 bits per heavy atom. The molecule has 1 N–H and O–H groups in total. The zero-order chi connectivity index (χ0) is 11.3. The van der Waals surface area contributed by atoms with Crippen molar-refractivity contribution < 1.29 is 9.90 Å². The van der Waals surface area contributed by atoms with Crippen LogP contribution < -0.4 is 4.90 Å². The van der Waals surface area contributed by atoms with Crippen LogP contribution in [0, 0.1) is 0 Å². The van der Waals surface area contributed by atoms with Gasteiger partial charge >= 0.3 is 6.09 Å². The summed E-state index contributed by atoms with van der Waals surface area (Å²) >= 11 is 1.85. The lowest BCUT2D eigenvalue weighted by atomic mass is 10.2. The van der Waals surface area contributed by atoms with Crippen molar-refractivity contribution >= 4 is 23.5 Å². The number of rotatable bonds is 4. The molecule has 0 aliphatic heterocycles. The van der Waals surface area contributed by atoms with E-state index < -0.39 is 6.09 Å². The topological polar surface area (TPSA) is 40.5 Å². The molecule has 0 atom stereocenters. The van der Waals surface area contributed by atoms with Crippen LogP contribution >= 0.6 is 11.8 Å². The number of amides is 1. The largest absolute Gasteiger partial charge is 0.465 e. The first-order chi connectivity index (χ1) is 7.15. The van der Waals surface area contributed by atoms with E-state index in [0.29, 0.717) is 5.69 Å². The Kier molecular flexibility index (Phi) is 4.49. The maximum Gasteiger partial charge on any atom is 0.411 e. The SMILES string of the molecule is CCSCc1ccc(N(C)C(=O)O)cc1. The average Bonchev–Trinajstić information content (AvgIpc) is 2.26. The highest BCUT2D eigenvalue weighted by molar-refractivity contribution is 7.98. The van der Waals surface area contributed by atoms with Gasteiger partial charge in [0.05, 0.1) is 0 Å². The highest BCUT2D eigenvalue weighted by Gasteiger charge is 2.07. The molecule has 0 radical (unpaired) electrons. The summed E-state index contributed by atoms with van der Waals surface area (Å²) < 4.78 is 0. The molecule has 3 nitrogen and oxygen atoms in total. The van der Waals surface area contributed by atoms with Gasteiger partial charge in [-0.2, -0.15) is 11.8 Å². The smallest absolute Gasteiger partial charge is 0.411 e. The highest BCUT2D eigenvalue weighted by atomic mass is 32.2. The Morgan fingerprint density at radius 3 is 2.47 bits per heavy atom. The van der Waals surface area contributed by atoms with Crippen molar-refractivity contribution in [3.63, 3.8) is 0 Å². The molecule has 1 aromatic carbocycles. The summed E-state index contributed by atoms with van der Waals surface area (Å²) in [6.07, 6.45) is -0.939. The number of thioether (sulfide) groups is 1. The zero-order valence-corrected chi connectivity index (χ0v) is 9.75. The molecule has 1 rings (SSSR count). The van der Waals surface area contributed by atoms with Crippen molar-refractivity contribution in [3.05, 3.63) is 29.8 Å². The number of benzene rings is 1. The number of hydrogen-bond acceptors (Lipinski definition) is 2. The van der Waals surface area contributed by atoms with Crippen molar-refractivity contribution in [2.45, 2.75) is 12.7 Å². The minimum Gasteiger partial charge on any atom is -0.465 e. The van der Waals surface area contributed by atoms with Crippen LogP contribution in [0.25, 0.3) is 0 Å². The highest BCUT2D eigenvalue weighted by Crippen LogP contribution is 2.17. The van der Waals surface area contributed by atoms with E-state index in [4.69, 9.17) is 5.11 Å². The van der Waals surface area contributed by atoms with E-state index in [1.807, 2.05) is 36.0 Å². The van der Waals surface area contributed by atoms with Gasteiger partial charge in [0.1, 0.15) is 0 Å². The second-order valence-corrected chi connectivity index (χ2v) is 4.42. The molecule has 0 aliphatic carbocycles. The number of anilines is 1. The summed E-state index contributed by atoms with van der Waals surface area (Å²) in [6, 6.07) is 7.61. The van der Waals surface area contributed by atoms with Gasteiger partial charge in [-0.15, -0.1) is 0 Å². The predicted octanol–water partition coefficient (Wildman–Crippen LogP) is 3.05. The van der Waals surface area contributed by atoms with Crippen LogP contribution in [0.4, 0.5) is 10.5 Å². The van der Waals surface area contributed by atoms with Crippen molar-refractivity contribution in [1.82, 2.24) is 0 Å². The van der Waals surface area contributed by atoms with Crippen LogP contribution in [0.5, 0.6) is 0 Å². The van der Waals surface area contributed by atoms with Crippen LogP contribution in [0.15, 0.2) is 24.3 Å². The molecule has 0 saturated carbocycles. The van der Waals surface area contributed by atoms with Gasteiger partial charge in [0.25, 0.3) is 0 Å². The first-order valence-corrected chi connectivity index (χ1v) is 5.94. The lowest BCUT2D eigenvalue weighted by Crippen LogP contribution is -2.23. The number of carboxylic acid groups (broad SMARTS) is 1. The number of nitrogens with zero attached hydrogens (tertiary/aromatic N) is 1. The maximum atomic E-state index is 10.7. The minimum atomic E-state index is -0.939. The molecule has 82 valence electrons. The van der Waals surface area contributed by atoms with Gasteiger partial charge in [-0.05, 0) is 23.4 Å². The van der Waals surface area contributed by atoms with Crippen molar-refractivity contribution in [2.75, 3.05) is 17.7 Å². The summed E-state index contributed by atoms with van der Waals surface area (Å²) in [5, 5.41) is 8.77. The Labute approximate surface area is 94.1 Å². The zero-order valence-electron chi connectivity index (χ0n) is 8.93. The fourth-order valence-corrected chi connectivity index (χ4v) is 1.78. The molecule has 0 aromatic heterocycles. The van der Waals surface area contributed by atoms with Crippen LogP contribution in [0.2, 0.25) is 0 Å². The Morgan fingerprint density at radius 1 is 1.40 bits per heavy atom. The maximum absolute atomic E-state index is 10.7. The van der Waals surface area contributed by atoms with E-state index in [1.165, 1.54) is 17.5 Å². The van der Waals surface area contributed by atoms with E-state index >= 15 is 0 Å². The molecular weight excluding hydrogens is 210 g/mol. The Bertz CT molecular complexity index is 324. The van der Waals surface area contributed by atoms with E-state index in [2.05, 4.69) is 6.92 Å². The Hall–Kier alpha value is -1.16. The van der Waals surface area contributed by atoms with Crippen LogP contribution in [0.3, 0.4) is 0 Å². The fourth-order valence-electron chi connectivity index (χ4n) is 1.15. The molecule has 0 unspecified atom stereocenters. The van der Waals surface area contributed by atoms with Crippen molar-refractivity contribution in [2.24, 2.45) is 0 Å². The molecule has 1 aromatic rings. The van der Waals surface area contributed by atoms with Crippen LogP contribution in [0.1, 0.15) is 12.5 Å². The van der Waals surface area contributed by atoms with E-state index in [1.54, 1.807) is 0 Å². The first kappa shape index (κ1) is 11.9. The minimum absolute atomic E-state index is 0.702. The van der Waals surface area contributed by atoms with Crippen LogP contribution in [-0.4, -0.2) is 24.0 Å². The monoisotopic (exact) mass is 225 g/mol. The first-order valence-electron chi connectivity index (χ1n) is 4.78. The predicted molar refractivity (Wildman–Crippen MR) is 64.7 cm³/mol.